The van der Waals surface area contributed by atoms with Gasteiger partial charge in [-0.05, 0) is 24.2 Å². The normalized spacial score (nSPS) is 11.1. The Hall–Kier alpha value is -2.20. The summed E-state index contributed by atoms with van der Waals surface area (Å²) in [4.78, 5) is 0. The van der Waals surface area contributed by atoms with Gasteiger partial charge in [0.2, 0.25) is 0 Å². The average Bonchev–Trinajstić information content (AvgIpc) is 2.89. The lowest BCUT2D eigenvalue weighted by molar-refractivity contribution is 0.605. The molecular weight excluding hydrogens is 253 g/mol. The van der Waals surface area contributed by atoms with Crippen LogP contribution in [0, 0.1) is 5.82 Å². The van der Waals surface area contributed by atoms with Crippen LogP contribution in [-0.4, -0.2) is 16.3 Å². The van der Waals surface area contributed by atoms with E-state index in [1.807, 2.05) is 37.3 Å². The molecule has 0 unspecified atom stereocenters. The minimum Gasteiger partial charge on any atom is -0.313 e. The zero-order chi connectivity index (χ0) is 13.9. The second kappa shape index (κ2) is 5.43. The second-order valence-electron chi connectivity index (χ2n) is 4.64. The number of halogens is 1. The van der Waals surface area contributed by atoms with Gasteiger partial charge in [0.15, 0.2) is 0 Å². The van der Waals surface area contributed by atoms with Gasteiger partial charge in [0, 0.05) is 11.9 Å². The summed E-state index contributed by atoms with van der Waals surface area (Å²) in [6.45, 7) is 3.50. The predicted molar refractivity (Wildman–Crippen MR) is 78.4 cm³/mol. The standard InChI is InChI=1S/C16H16FN3/c1-2-18-10-13-7-5-8-14(17)16(13)20-15-9-4-3-6-12(15)11-19-20/h3-9,11,18H,2,10H2,1H3. The summed E-state index contributed by atoms with van der Waals surface area (Å²) in [7, 11) is 0. The van der Waals surface area contributed by atoms with Gasteiger partial charge in [-0.25, -0.2) is 9.07 Å². The third kappa shape index (κ3) is 2.18. The van der Waals surface area contributed by atoms with Gasteiger partial charge < -0.3 is 5.32 Å². The van der Waals surface area contributed by atoms with Crippen molar-refractivity contribution >= 4 is 10.9 Å². The minimum atomic E-state index is -0.255. The summed E-state index contributed by atoms with van der Waals surface area (Å²) in [5, 5.41) is 8.58. The Labute approximate surface area is 117 Å². The number of rotatable bonds is 4. The molecule has 2 aromatic carbocycles. The van der Waals surface area contributed by atoms with Crippen LogP contribution in [0.3, 0.4) is 0 Å². The number of fused-ring (bicyclic) bond motifs is 1. The Bertz CT molecular complexity index is 733. The van der Waals surface area contributed by atoms with Crippen LogP contribution < -0.4 is 5.32 Å². The molecule has 0 saturated carbocycles. The molecule has 0 aliphatic rings. The number of para-hydroxylation sites is 2. The quantitative estimate of drug-likeness (QED) is 0.787. The Morgan fingerprint density at radius 1 is 1.15 bits per heavy atom. The van der Waals surface area contributed by atoms with Crippen LogP contribution in [0.4, 0.5) is 4.39 Å². The van der Waals surface area contributed by atoms with Gasteiger partial charge in [-0.1, -0.05) is 37.3 Å². The molecule has 0 saturated heterocycles. The van der Waals surface area contributed by atoms with E-state index in [4.69, 9.17) is 0 Å². The van der Waals surface area contributed by atoms with Crippen LogP contribution in [0.5, 0.6) is 0 Å². The van der Waals surface area contributed by atoms with E-state index in [0.29, 0.717) is 12.2 Å². The molecule has 3 aromatic rings. The van der Waals surface area contributed by atoms with E-state index in [1.165, 1.54) is 6.07 Å². The van der Waals surface area contributed by atoms with Crippen LogP contribution in [0.25, 0.3) is 16.6 Å². The molecule has 1 heterocycles. The first-order valence-electron chi connectivity index (χ1n) is 6.72. The van der Waals surface area contributed by atoms with E-state index >= 15 is 0 Å². The van der Waals surface area contributed by atoms with Crippen molar-refractivity contribution < 1.29 is 4.39 Å². The molecule has 4 heteroatoms. The van der Waals surface area contributed by atoms with Crippen molar-refractivity contribution in [2.75, 3.05) is 6.54 Å². The Morgan fingerprint density at radius 2 is 2.00 bits per heavy atom. The first-order chi connectivity index (χ1) is 9.81. The number of hydrogen-bond acceptors (Lipinski definition) is 2. The monoisotopic (exact) mass is 269 g/mol. The Balaban J connectivity index is 2.18. The van der Waals surface area contributed by atoms with Gasteiger partial charge in [-0.3, -0.25) is 0 Å². The van der Waals surface area contributed by atoms with Crippen LogP contribution in [0.2, 0.25) is 0 Å². The van der Waals surface area contributed by atoms with Crippen molar-refractivity contribution in [3.05, 3.63) is 60.0 Å². The Kier molecular flexibility index (Phi) is 3.48. The fraction of sp³-hybridized carbons (Fsp3) is 0.188. The lowest BCUT2D eigenvalue weighted by Crippen LogP contribution is -2.15. The van der Waals surface area contributed by atoms with Crippen LogP contribution in [0.1, 0.15) is 12.5 Å². The highest BCUT2D eigenvalue weighted by Crippen LogP contribution is 2.23. The molecule has 3 nitrogen and oxygen atoms in total. The molecular formula is C16H16FN3. The molecule has 0 spiro atoms. The fourth-order valence-corrected chi connectivity index (χ4v) is 2.35. The molecule has 0 aliphatic carbocycles. The third-order valence-electron chi connectivity index (χ3n) is 3.32. The number of nitrogens with one attached hydrogen (secondary N) is 1. The zero-order valence-electron chi connectivity index (χ0n) is 11.3. The summed E-state index contributed by atoms with van der Waals surface area (Å²) in [6.07, 6.45) is 1.76. The minimum absolute atomic E-state index is 0.255. The van der Waals surface area contributed by atoms with Crippen LogP contribution in [-0.2, 0) is 6.54 Å². The number of benzene rings is 2. The zero-order valence-corrected chi connectivity index (χ0v) is 11.3. The predicted octanol–water partition coefficient (Wildman–Crippen LogP) is 3.27. The highest BCUT2D eigenvalue weighted by Gasteiger charge is 2.13. The summed E-state index contributed by atoms with van der Waals surface area (Å²) in [5.41, 5.74) is 2.34. The van der Waals surface area contributed by atoms with Crippen molar-refractivity contribution in [3.8, 4) is 5.69 Å². The molecule has 0 fully saturated rings. The molecule has 20 heavy (non-hydrogen) atoms. The largest absolute Gasteiger partial charge is 0.313 e. The van der Waals surface area contributed by atoms with Gasteiger partial charge in [0.1, 0.15) is 11.5 Å². The maximum atomic E-state index is 14.3. The van der Waals surface area contributed by atoms with Gasteiger partial charge in [-0.2, -0.15) is 5.10 Å². The van der Waals surface area contributed by atoms with E-state index in [-0.39, 0.29) is 5.82 Å². The molecule has 0 aliphatic heterocycles. The molecule has 0 radical (unpaired) electrons. The number of nitrogens with zero attached hydrogens (tertiary/aromatic N) is 2. The van der Waals surface area contributed by atoms with Crippen LogP contribution >= 0.6 is 0 Å². The summed E-state index contributed by atoms with van der Waals surface area (Å²) in [6, 6.07) is 13.0. The van der Waals surface area contributed by atoms with Crippen LogP contribution in [0.15, 0.2) is 48.7 Å². The van der Waals surface area contributed by atoms with Crippen molar-refractivity contribution in [2.45, 2.75) is 13.5 Å². The van der Waals surface area contributed by atoms with E-state index < -0.39 is 0 Å². The van der Waals surface area contributed by atoms with Crippen molar-refractivity contribution in [2.24, 2.45) is 0 Å². The lowest BCUT2D eigenvalue weighted by Gasteiger charge is -2.12. The molecule has 1 aromatic heterocycles. The van der Waals surface area contributed by atoms with Crippen molar-refractivity contribution in [1.82, 2.24) is 15.1 Å². The van der Waals surface area contributed by atoms with Gasteiger partial charge in [-0.15, -0.1) is 0 Å². The number of hydrogen-bond donors (Lipinski definition) is 1. The molecule has 0 amide bonds. The smallest absolute Gasteiger partial charge is 0.149 e. The molecule has 1 N–H and O–H groups in total. The van der Waals surface area contributed by atoms with E-state index in [1.54, 1.807) is 16.9 Å². The molecule has 102 valence electrons. The molecule has 0 bridgehead atoms. The van der Waals surface area contributed by atoms with E-state index in [2.05, 4.69) is 10.4 Å². The van der Waals surface area contributed by atoms with Gasteiger partial charge in [0.05, 0.1) is 11.7 Å². The molecule has 0 atom stereocenters. The average molecular weight is 269 g/mol. The second-order valence-corrected chi connectivity index (χ2v) is 4.64. The third-order valence-corrected chi connectivity index (χ3v) is 3.32. The molecule has 3 rings (SSSR count). The highest BCUT2D eigenvalue weighted by molar-refractivity contribution is 5.80. The SMILES string of the molecule is CCNCc1cccc(F)c1-n1ncc2ccccc21. The summed E-state index contributed by atoms with van der Waals surface area (Å²) >= 11 is 0. The maximum Gasteiger partial charge on any atom is 0.149 e. The number of aromatic nitrogens is 2. The first-order valence-corrected chi connectivity index (χ1v) is 6.72. The highest BCUT2D eigenvalue weighted by atomic mass is 19.1. The van der Waals surface area contributed by atoms with Crippen molar-refractivity contribution in [1.29, 1.82) is 0 Å². The topological polar surface area (TPSA) is 29.9 Å². The Morgan fingerprint density at radius 3 is 2.85 bits per heavy atom. The summed E-state index contributed by atoms with van der Waals surface area (Å²) < 4.78 is 16.0. The van der Waals surface area contributed by atoms with Gasteiger partial charge >= 0.3 is 0 Å². The van der Waals surface area contributed by atoms with E-state index in [9.17, 15) is 4.39 Å². The fourth-order valence-electron chi connectivity index (χ4n) is 2.35. The van der Waals surface area contributed by atoms with Gasteiger partial charge in [0.25, 0.3) is 0 Å². The maximum absolute atomic E-state index is 14.3. The van der Waals surface area contributed by atoms with E-state index in [0.717, 1.165) is 23.0 Å². The summed E-state index contributed by atoms with van der Waals surface area (Å²) in [5.74, 6) is -0.255. The first kappa shape index (κ1) is 12.8. The lowest BCUT2D eigenvalue weighted by atomic mass is 10.1. The van der Waals surface area contributed by atoms with Crippen molar-refractivity contribution in [3.63, 3.8) is 0 Å².